The fourth-order valence-electron chi connectivity index (χ4n) is 1.72. The summed E-state index contributed by atoms with van der Waals surface area (Å²) in [6.07, 6.45) is 1.77. The Balaban J connectivity index is 0.00000484. The number of aliphatic imine (C=N–C) groups is 1. The number of hydrogen-bond donors (Lipinski definition) is 3. The molecule has 1 aromatic rings. The second-order valence-corrected chi connectivity index (χ2v) is 4.48. The summed E-state index contributed by atoms with van der Waals surface area (Å²) in [5, 5.41) is 8.97. The Kier molecular flexibility index (Phi) is 11.8. The number of likely N-dealkylation sites (N-methyl/N-ethyl adjacent to an activating group) is 1. The van der Waals surface area contributed by atoms with Gasteiger partial charge < -0.3 is 20.7 Å². The number of rotatable bonds is 8. The van der Waals surface area contributed by atoms with Gasteiger partial charge in [0.1, 0.15) is 5.75 Å². The molecular formula is C16H25IN4O2. The van der Waals surface area contributed by atoms with E-state index in [0.717, 1.165) is 5.56 Å². The molecule has 0 aromatic heterocycles. The Hall–Kier alpha value is -1.77. The minimum absolute atomic E-state index is 0. The van der Waals surface area contributed by atoms with Crippen molar-refractivity contribution >= 4 is 35.8 Å². The Morgan fingerprint density at radius 1 is 1.35 bits per heavy atom. The highest BCUT2D eigenvalue weighted by atomic mass is 127. The Morgan fingerprint density at radius 2 is 2.13 bits per heavy atom. The van der Waals surface area contributed by atoms with Gasteiger partial charge in [-0.05, 0) is 24.6 Å². The number of carbonyl (C=O) groups is 1. The number of benzene rings is 1. The van der Waals surface area contributed by atoms with Gasteiger partial charge in [-0.15, -0.1) is 30.6 Å². The Labute approximate surface area is 154 Å². The van der Waals surface area contributed by atoms with Gasteiger partial charge in [0, 0.05) is 26.7 Å². The molecule has 1 aromatic carbocycles. The minimum Gasteiger partial charge on any atom is -0.484 e. The third kappa shape index (κ3) is 9.07. The molecule has 1 amide bonds. The lowest BCUT2D eigenvalue weighted by atomic mass is 10.2. The van der Waals surface area contributed by atoms with Crippen LogP contribution in [0.15, 0.2) is 41.9 Å². The van der Waals surface area contributed by atoms with E-state index in [-0.39, 0.29) is 36.5 Å². The molecule has 0 bridgehead atoms. The quantitative estimate of drug-likeness (QED) is 0.253. The van der Waals surface area contributed by atoms with Crippen LogP contribution in [0.1, 0.15) is 12.5 Å². The predicted molar refractivity (Wildman–Crippen MR) is 104 cm³/mol. The minimum atomic E-state index is -0.125. The third-order valence-corrected chi connectivity index (χ3v) is 2.74. The number of nitrogens with zero attached hydrogens (tertiary/aromatic N) is 1. The fraction of sp³-hybridized carbons (Fsp3) is 0.375. The summed E-state index contributed by atoms with van der Waals surface area (Å²) in [6.45, 7) is 7.40. The van der Waals surface area contributed by atoms with Crippen molar-refractivity contribution in [1.29, 1.82) is 0 Å². The molecule has 1 rings (SSSR count). The molecule has 0 heterocycles. The number of hydrogen-bond acceptors (Lipinski definition) is 3. The molecule has 0 atom stereocenters. The van der Waals surface area contributed by atoms with E-state index in [2.05, 4.69) is 27.5 Å². The zero-order valence-electron chi connectivity index (χ0n) is 13.6. The van der Waals surface area contributed by atoms with Crippen LogP contribution in [0.5, 0.6) is 5.75 Å². The average molecular weight is 432 g/mol. The van der Waals surface area contributed by atoms with Crippen LogP contribution in [-0.2, 0) is 11.3 Å². The van der Waals surface area contributed by atoms with Gasteiger partial charge in [-0.3, -0.25) is 9.79 Å². The summed E-state index contributed by atoms with van der Waals surface area (Å²) in [6, 6.07) is 7.59. The lowest BCUT2D eigenvalue weighted by Crippen LogP contribution is -2.36. The van der Waals surface area contributed by atoms with Crippen molar-refractivity contribution in [2.24, 2.45) is 4.99 Å². The SMILES string of the molecule is C=CCNC(=NC)NCc1cccc(OCC(=O)NCC)c1.I. The highest BCUT2D eigenvalue weighted by Crippen LogP contribution is 2.13. The van der Waals surface area contributed by atoms with Gasteiger partial charge in [0.05, 0.1) is 0 Å². The van der Waals surface area contributed by atoms with Crippen LogP contribution in [0.3, 0.4) is 0 Å². The van der Waals surface area contributed by atoms with E-state index >= 15 is 0 Å². The number of halogens is 1. The van der Waals surface area contributed by atoms with Crippen LogP contribution in [0.4, 0.5) is 0 Å². The van der Waals surface area contributed by atoms with Crippen LogP contribution >= 0.6 is 24.0 Å². The van der Waals surface area contributed by atoms with E-state index in [1.54, 1.807) is 13.1 Å². The molecule has 0 spiro atoms. The summed E-state index contributed by atoms with van der Waals surface area (Å²) in [5.41, 5.74) is 1.04. The lowest BCUT2D eigenvalue weighted by Gasteiger charge is -2.11. The van der Waals surface area contributed by atoms with Crippen LogP contribution < -0.4 is 20.7 Å². The van der Waals surface area contributed by atoms with Crippen molar-refractivity contribution in [1.82, 2.24) is 16.0 Å². The molecule has 0 saturated carbocycles. The molecule has 0 aliphatic rings. The third-order valence-electron chi connectivity index (χ3n) is 2.74. The maximum atomic E-state index is 11.4. The first-order chi connectivity index (χ1) is 10.7. The topological polar surface area (TPSA) is 74.8 Å². The van der Waals surface area contributed by atoms with E-state index in [1.165, 1.54) is 0 Å². The summed E-state index contributed by atoms with van der Waals surface area (Å²) in [5.74, 6) is 1.24. The number of ether oxygens (including phenoxy) is 1. The standard InChI is InChI=1S/C16H24N4O2.HI/c1-4-9-19-16(17-3)20-11-13-7-6-8-14(10-13)22-12-15(21)18-5-2;/h4,6-8,10H,1,5,9,11-12H2,2-3H3,(H,18,21)(H2,17,19,20);1H. The smallest absolute Gasteiger partial charge is 0.257 e. The van der Waals surface area contributed by atoms with Gasteiger partial charge in [-0.1, -0.05) is 18.2 Å². The van der Waals surface area contributed by atoms with Crippen LogP contribution in [-0.4, -0.2) is 38.6 Å². The van der Waals surface area contributed by atoms with E-state index in [9.17, 15) is 4.79 Å². The first-order valence-corrected chi connectivity index (χ1v) is 7.23. The number of carbonyl (C=O) groups excluding carboxylic acids is 1. The van der Waals surface area contributed by atoms with Gasteiger partial charge in [-0.2, -0.15) is 0 Å². The Bertz CT molecular complexity index is 521. The van der Waals surface area contributed by atoms with E-state index < -0.39 is 0 Å². The summed E-state index contributed by atoms with van der Waals surface area (Å²) < 4.78 is 5.46. The zero-order chi connectivity index (χ0) is 16.2. The molecular weight excluding hydrogens is 407 g/mol. The van der Waals surface area contributed by atoms with Crippen molar-refractivity contribution in [3.63, 3.8) is 0 Å². The van der Waals surface area contributed by atoms with Gasteiger partial charge in [-0.25, -0.2) is 0 Å². The summed E-state index contributed by atoms with van der Waals surface area (Å²) in [7, 11) is 1.71. The van der Waals surface area contributed by atoms with Crippen molar-refractivity contribution in [2.45, 2.75) is 13.5 Å². The molecule has 7 heteroatoms. The molecule has 0 saturated heterocycles. The molecule has 23 heavy (non-hydrogen) atoms. The molecule has 0 radical (unpaired) electrons. The molecule has 128 valence electrons. The molecule has 0 fully saturated rings. The van der Waals surface area contributed by atoms with Crippen LogP contribution in [0, 0.1) is 0 Å². The molecule has 0 aliphatic heterocycles. The highest BCUT2D eigenvalue weighted by Gasteiger charge is 2.02. The number of nitrogens with one attached hydrogen (secondary N) is 3. The molecule has 0 unspecified atom stereocenters. The summed E-state index contributed by atoms with van der Waals surface area (Å²) in [4.78, 5) is 15.5. The van der Waals surface area contributed by atoms with Crippen molar-refractivity contribution in [2.75, 3.05) is 26.7 Å². The monoisotopic (exact) mass is 432 g/mol. The highest BCUT2D eigenvalue weighted by molar-refractivity contribution is 14.0. The Morgan fingerprint density at radius 3 is 2.78 bits per heavy atom. The van der Waals surface area contributed by atoms with Crippen LogP contribution in [0.25, 0.3) is 0 Å². The number of guanidine groups is 1. The largest absolute Gasteiger partial charge is 0.484 e. The summed E-state index contributed by atoms with van der Waals surface area (Å²) >= 11 is 0. The van der Waals surface area contributed by atoms with Crippen LogP contribution in [0.2, 0.25) is 0 Å². The fourth-order valence-corrected chi connectivity index (χ4v) is 1.72. The predicted octanol–water partition coefficient (Wildman–Crippen LogP) is 1.67. The normalized spacial score (nSPS) is 10.3. The van der Waals surface area contributed by atoms with Gasteiger partial charge in [0.2, 0.25) is 0 Å². The van der Waals surface area contributed by atoms with E-state index in [4.69, 9.17) is 4.74 Å². The van der Waals surface area contributed by atoms with Gasteiger partial charge in [0.25, 0.3) is 5.91 Å². The molecule has 6 nitrogen and oxygen atoms in total. The van der Waals surface area contributed by atoms with Gasteiger partial charge in [0.15, 0.2) is 12.6 Å². The van der Waals surface area contributed by atoms with Gasteiger partial charge >= 0.3 is 0 Å². The molecule has 3 N–H and O–H groups in total. The second-order valence-electron chi connectivity index (χ2n) is 4.48. The van der Waals surface area contributed by atoms with E-state index in [1.807, 2.05) is 31.2 Å². The first kappa shape index (κ1) is 21.2. The van der Waals surface area contributed by atoms with Crippen molar-refractivity contribution in [3.05, 3.63) is 42.5 Å². The maximum absolute atomic E-state index is 11.4. The van der Waals surface area contributed by atoms with E-state index in [0.29, 0.717) is 31.3 Å². The first-order valence-electron chi connectivity index (χ1n) is 7.23. The average Bonchev–Trinajstić information content (AvgIpc) is 2.54. The van der Waals surface area contributed by atoms with Crippen molar-refractivity contribution < 1.29 is 9.53 Å². The second kappa shape index (κ2) is 12.7. The van der Waals surface area contributed by atoms with Crippen molar-refractivity contribution in [3.8, 4) is 5.75 Å². The zero-order valence-corrected chi connectivity index (χ0v) is 15.9. The molecule has 0 aliphatic carbocycles. The number of amides is 1. The maximum Gasteiger partial charge on any atom is 0.257 e. The lowest BCUT2D eigenvalue weighted by molar-refractivity contribution is -0.122.